The van der Waals surface area contributed by atoms with Gasteiger partial charge in [-0.3, -0.25) is 0 Å². The van der Waals surface area contributed by atoms with E-state index in [4.69, 9.17) is 0 Å². The van der Waals surface area contributed by atoms with Gasteiger partial charge < -0.3 is 0 Å². The maximum Gasteiger partial charge on any atom is -0.0126 e. The summed E-state index contributed by atoms with van der Waals surface area (Å²) in [4.78, 5) is 0. The highest BCUT2D eigenvalue weighted by Gasteiger charge is 2.22. The molecule has 2 heteroatoms. The Bertz CT molecular complexity index is 687. The van der Waals surface area contributed by atoms with Gasteiger partial charge in [-0.25, -0.2) is 0 Å². The van der Waals surface area contributed by atoms with Crippen molar-refractivity contribution in [3.8, 4) is 11.1 Å². The first-order valence-corrected chi connectivity index (χ1v) is 11.1. The van der Waals surface area contributed by atoms with E-state index in [0.717, 1.165) is 7.87 Å². The van der Waals surface area contributed by atoms with E-state index in [1.54, 1.807) is 0 Å². The summed E-state index contributed by atoms with van der Waals surface area (Å²) in [7, 11) is 2.21. The predicted molar refractivity (Wildman–Crippen MR) is 109 cm³/mol. The lowest BCUT2D eigenvalue weighted by atomic mass is 9.77. The number of hydrogen-bond donors (Lipinski definition) is 0. The van der Waals surface area contributed by atoms with Gasteiger partial charge in [-0.05, 0) is 44.7 Å². The first-order valence-electron chi connectivity index (χ1n) is 8.17. The molecule has 2 rings (SSSR count). The highest BCUT2D eigenvalue weighted by molar-refractivity contribution is 7.89. The van der Waals surface area contributed by atoms with Crippen molar-refractivity contribution in [2.45, 2.75) is 52.4 Å². The van der Waals surface area contributed by atoms with Crippen molar-refractivity contribution in [1.82, 2.24) is 0 Å². The Balaban J connectivity index is 2.71. The SMILES string of the molecule is CC(C)(C)c1ccc(-c2ccccc[pH]pc2)c(C(C)(C)C)c1. The van der Waals surface area contributed by atoms with E-state index in [1.165, 1.54) is 30.1 Å². The van der Waals surface area contributed by atoms with Gasteiger partial charge in [0.15, 0.2) is 0 Å². The van der Waals surface area contributed by atoms with Gasteiger partial charge in [-0.2, -0.15) is 0 Å². The fraction of sp³-hybridized carbons (Fsp3) is 0.381. The van der Waals surface area contributed by atoms with Crippen molar-refractivity contribution in [3.05, 3.63) is 65.2 Å². The Labute approximate surface area is 144 Å². The van der Waals surface area contributed by atoms with Crippen molar-refractivity contribution in [2.24, 2.45) is 0 Å². The largest absolute Gasteiger partial charge is 0.111 e. The molecule has 0 amide bonds. The molecule has 1 aromatic carbocycles. The maximum atomic E-state index is 2.41. The van der Waals surface area contributed by atoms with Crippen LogP contribution in [0.2, 0.25) is 0 Å². The average Bonchev–Trinajstić information content (AvgIpc) is 2.58. The normalized spacial score (nSPS) is 12.6. The predicted octanol–water partition coefficient (Wildman–Crippen LogP) is 7.68. The number of hydrogen-bond acceptors (Lipinski definition) is 0. The standard InChI is InChI=1S/C21H28P2/c1-20(2,3)17-11-12-18(19(14-17)21(4,5)6)16-10-8-7-9-13-22-23-15-16/h7-15,22H,1-6H3. The summed E-state index contributed by atoms with van der Waals surface area (Å²) in [5, 5.41) is 0. The summed E-state index contributed by atoms with van der Waals surface area (Å²) < 4.78 is 0. The molecule has 0 aliphatic carbocycles. The number of benzene rings is 1. The molecule has 0 nitrogen and oxygen atoms in total. The molecule has 0 saturated carbocycles. The maximum absolute atomic E-state index is 2.41. The summed E-state index contributed by atoms with van der Waals surface area (Å²) in [6.07, 6.45) is 0. The molecular weight excluding hydrogens is 314 g/mol. The minimum Gasteiger partial charge on any atom is -0.111 e. The van der Waals surface area contributed by atoms with E-state index in [1.807, 2.05) is 0 Å². The zero-order valence-electron chi connectivity index (χ0n) is 15.1. The summed E-state index contributed by atoms with van der Waals surface area (Å²) in [5.41, 5.74) is 5.86. The van der Waals surface area contributed by atoms with Crippen LogP contribution in [0.15, 0.2) is 54.1 Å². The van der Waals surface area contributed by atoms with Gasteiger partial charge in [-0.15, -0.1) is 7.87 Å². The van der Waals surface area contributed by atoms with Crippen molar-refractivity contribution in [2.75, 3.05) is 0 Å². The first-order chi connectivity index (χ1) is 10.7. The Morgan fingerprint density at radius 2 is 1.57 bits per heavy atom. The van der Waals surface area contributed by atoms with Gasteiger partial charge in [0.05, 0.1) is 0 Å². The first kappa shape index (κ1) is 18.3. The van der Waals surface area contributed by atoms with Gasteiger partial charge in [0.2, 0.25) is 0 Å². The Morgan fingerprint density at radius 1 is 0.826 bits per heavy atom. The molecular formula is C21H28P2. The monoisotopic (exact) mass is 342 g/mol. The summed E-state index contributed by atoms with van der Waals surface area (Å²) >= 11 is 0. The molecule has 0 fully saturated rings. The average molecular weight is 342 g/mol. The zero-order valence-corrected chi connectivity index (χ0v) is 17.0. The van der Waals surface area contributed by atoms with Crippen LogP contribution in [-0.4, -0.2) is 0 Å². The van der Waals surface area contributed by atoms with Gasteiger partial charge >= 0.3 is 0 Å². The molecule has 122 valence electrons. The van der Waals surface area contributed by atoms with E-state index in [-0.39, 0.29) is 10.8 Å². The molecule has 23 heavy (non-hydrogen) atoms. The molecule has 0 aliphatic rings. The van der Waals surface area contributed by atoms with E-state index in [9.17, 15) is 0 Å². The quantitative estimate of drug-likeness (QED) is 0.498. The lowest BCUT2D eigenvalue weighted by molar-refractivity contribution is 0.570. The molecule has 0 radical (unpaired) electrons. The smallest absolute Gasteiger partial charge is 0.0126 e. The molecule has 0 aliphatic heterocycles. The van der Waals surface area contributed by atoms with Crippen molar-refractivity contribution in [1.29, 1.82) is 0 Å². The van der Waals surface area contributed by atoms with Crippen LogP contribution >= 0.6 is 15.7 Å². The van der Waals surface area contributed by atoms with Crippen molar-refractivity contribution < 1.29 is 0 Å². The van der Waals surface area contributed by atoms with Gasteiger partial charge in [0.1, 0.15) is 0 Å². The molecule has 0 saturated heterocycles. The van der Waals surface area contributed by atoms with Crippen molar-refractivity contribution >= 4 is 15.7 Å². The topological polar surface area (TPSA) is 0 Å². The molecule has 1 heterocycles. The number of rotatable bonds is 1. The van der Waals surface area contributed by atoms with Crippen molar-refractivity contribution in [3.63, 3.8) is 0 Å². The summed E-state index contributed by atoms with van der Waals surface area (Å²) in [6, 6.07) is 15.7. The van der Waals surface area contributed by atoms with Crippen LogP contribution < -0.4 is 0 Å². The lowest BCUT2D eigenvalue weighted by Crippen LogP contribution is -2.17. The van der Waals surface area contributed by atoms with Crippen LogP contribution in [0, 0.1) is 0 Å². The second-order valence-corrected chi connectivity index (χ2v) is 10.7. The minimum atomic E-state index is 0.130. The van der Waals surface area contributed by atoms with E-state index in [0.29, 0.717) is 0 Å². The fourth-order valence-corrected chi connectivity index (χ4v) is 4.44. The van der Waals surface area contributed by atoms with Crippen LogP contribution in [0.5, 0.6) is 0 Å². The van der Waals surface area contributed by atoms with Crippen LogP contribution in [0.1, 0.15) is 52.7 Å². The van der Waals surface area contributed by atoms with Gasteiger partial charge in [-0.1, -0.05) is 91.9 Å². The molecule has 0 bridgehead atoms. The third kappa shape index (κ3) is 4.94. The van der Waals surface area contributed by atoms with Crippen LogP contribution in [0.4, 0.5) is 0 Å². The van der Waals surface area contributed by atoms with Crippen LogP contribution in [-0.2, 0) is 10.8 Å². The Hall–Kier alpha value is -1.09. The zero-order chi connectivity index (χ0) is 17.1. The Morgan fingerprint density at radius 3 is 2.22 bits per heavy atom. The molecule has 1 atom stereocenters. The molecule has 2 aromatic rings. The van der Waals surface area contributed by atoms with E-state index < -0.39 is 0 Å². The molecule has 0 spiro atoms. The summed E-state index contributed by atoms with van der Waals surface area (Å²) in [5.74, 6) is 4.61. The molecule has 1 aromatic heterocycles. The fourth-order valence-electron chi connectivity index (χ4n) is 2.56. The highest BCUT2D eigenvalue weighted by atomic mass is 31.8. The van der Waals surface area contributed by atoms with Crippen LogP contribution in [0.3, 0.4) is 0 Å². The van der Waals surface area contributed by atoms with Crippen LogP contribution in [0.25, 0.3) is 11.1 Å². The molecule has 0 N–H and O–H groups in total. The second kappa shape index (κ2) is 7.21. The third-order valence-corrected chi connectivity index (χ3v) is 6.13. The van der Waals surface area contributed by atoms with Gasteiger partial charge in [0, 0.05) is 0 Å². The van der Waals surface area contributed by atoms with Gasteiger partial charge in [0.25, 0.3) is 0 Å². The van der Waals surface area contributed by atoms with E-state index >= 15 is 0 Å². The minimum absolute atomic E-state index is 0.130. The third-order valence-electron chi connectivity index (χ3n) is 3.95. The Kier molecular flexibility index (Phi) is 5.72. The highest BCUT2D eigenvalue weighted by Crippen LogP contribution is 2.37. The second-order valence-electron chi connectivity index (χ2n) is 8.01. The van der Waals surface area contributed by atoms with E-state index in [2.05, 4.69) is 95.6 Å². The molecule has 1 unspecified atom stereocenters. The summed E-state index contributed by atoms with van der Waals surface area (Å²) in [6.45, 7) is 13.8. The lowest BCUT2D eigenvalue weighted by Gasteiger charge is -2.27.